The smallest absolute Gasteiger partial charge is 0.161 e. The van der Waals surface area contributed by atoms with Crippen LogP contribution < -0.4 is 0 Å². The van der Waals surface area contributed by atoms with Gasteiger partial charge >= 0.3 is 0 Å². The van der Waals surface area contributed by atoms with Crippen molar-refractivity contribution >= 4 is 5.78 Å². The minimum absolute atomic E-state index is 0.0940. The molecule has 238 valence electrons. The molecule has 0 aromatic heterocycles. The Morgan fingerprint density at radius 1 is 0.841 bits per heavy atom. The number of Topliss-reactive ketones (excluding diaryl/α,β-unsaturated/α-hetero) is 1. The van der Waals surface area contributed by atoms with Crippen LogP contribution in [0.1, 0.15) is 101 Å². The highest BCUT2D eigenvalue weighted by Gasteiger charge is 2.76. The maximum Gasteiger partial charge on any atom is 0.161 e. The molecule has 4 atom stereocenters. The van der Waals surface area contributed by atoms with Gasteiger partial charge in [0.15, 0.2) is 5.78 Å². The summed E-state index contributed by atoms with van der Waals surface area (Å²) < 4.78 is 6.18. The molecule has 0 spiro atoms. The van der Waals surface area contributed by atoms with Crippen LogP contribution in [0.3, 0.4) is 0 Å². The average molecular weight is 599 g/mol. The monoisotopic (exact) mass is 598 g/mol. The molecule has 2 aliphatic carbocycles. The van der Waals surface area contributed by atoms with E-state index in [-0.39, 0.29) is 28.8 Å². The van der Waals surface area contributed by atoms with Gasteiger partial charge in [-0.25, -0.2) is 0 Å². The van der Waals surface area contributed by atoms with E-state index < -0.39 is 11.2 Å². The van der Waals surface area contributed by atoms with Crippen molar-refractivity contribution in [3.8, 4) is 11.8 Å². The number of allylic oxidation sites excluding steroid dienone is 15. The van der Waals surface area contributed by atoms with Crippen molar-refractivity contribution in [2.75, 3.05) is 0 Å². The van der Waals surface area contributed by atoms with Crippen molar-refractivity contribution in [1.82, 2.24) is 0 Å². The third-order valence-electron chi connectivity index (χ3n) is 9.54. The number of ether oxygens (including phenoxy) is 1. The van der Waals surface area contributed by atoms with Crippen LogP contribution in [0.2, 0.25) is 0 Å². The zero-order valence-electron chi connectivity index (χ0n) is 28.7. The van der Waals surface area contributed by atoms with Crippen molar-refractivity contribution in [2.45, 2.75) is 125 Å². The van der Waals surface area contributed by atoms with Crippen LogP contribution in [0.25, 0.3) is 0 Å². The molecule has 0 aromatic rings. The highest BCUT2D eigenvalue weighted by molar-refractivity contribution is 5.96. The Kier molecular flexibility index (Phi) is 11.3. The van der Waals surface area contributed by atoms with Crippen molar-refractivity contribution in [1.29, 1.82) is 0 Å². The Morgan fingerprint density at radius 2 is 1.43 bits per heavy atom. The van der Waals surface area contributed by atoms with Gasteiger partial charge in [0.25, 0.3) is 0 Å². The summed E-state index contributed by atoms with van der Waals surface area (Å²) >= 11 is 0. The number of hydrogen-bond donors (Lipinski definition) is 2. The maximum atomic E-state index is 13.1. The van der Waals surface area contributed by atoms with Gasteiger partial charge in [0, 0.05) is 23.8 Å². The molecule has 44 heavy (non-hydrogen) atoms. The Bertz CT molecular complexity index is 1420. The van der Waals surface area contributed by atoms with E-state index in [1.807, 2.05) is 76.3 Å². The van der Waals surface area contributed by atoms with E-state index in [1.165, 1.54) is 5.57 Å². The van der Waals surface area contributed by atoms with Gasteiger partial charge in [-0.15, -0.1) is 0 Å². The molecule has 4 nitrogen and oxygen atoms in total. The Hall–Kier alpha value is -2.97. The maximum absolute atomic E-state index is 13.1. The molecule has 1 saturated carbocycles. The van der Waals surface area contributed by atoms with E-state index >= 15 is 0 Å². The quantitative estimate of drug-likeness (QED) is 0.121. The van der Waals surface area contributed by atoms with Gasteiger partial charge in [0.1, 0.15) is 5.60 Å². The number of carbonyl (C=O) groups excluding carboxylic acids is 1. The number of carbonyl (C=O) groups is 1. The second-order valence-corrected chi connectivity index (χ2v) is 14.7. The van der Waals surface area contributed by atoms with Crippen LogP contribution in [0, 0.1) is 22.7 Å². The van der Waals surface area contributed by atoms with Gasteiger partial charge in [-0.3, -0.25) is 4.79 Å². The van der Waals surface area contributed by atoms with Crippen molar-refractivity contribution in [3.63, 3.8) is 0 Å². The largest absolute Gasteiger partial charge is 0.393 e. The number of aliphatic hydroxyl groups is 2. The Labute approximate surface area is 266 Å². The summed E-state index contributed by atoms with van der Waals surface area (Å²) in [6.45, 7) is 20.6. The fourth-order valence-corrected chi connectivity index (χ4v) is 7.11. The molecule has 2 fully saturated rings. The number of rotatable bonds is 9. The summed E-state index contributed by atoms with van der Waals surface area (Å²) in [6.07, 6.45) is 22.4. The van der Waals surface area contributed by atoms with E-state index in [2.05, 4.69) is 65.5 Å². The first kappa shape index (κ1) is 35.5. The van der Waals surface area contributed by atoms with Crippen LogP contribution in [-0.4, -0.2) is 39.4 Å². The third kappa shape index (κ3) is 8.60. The van der Waals surface area contributed by atoms with E-state index in [9.17, 15) is 15.0 Å². The zero-order chi connectivity index (χ0) is 32.9. The van der Waals surface area contributed by atoms with Gasteiger partial charge in [0.05, 0.1) is 17.8 Å². The summed E-state index contributed by atoms with van der Waals surface area (Å²) in [6, 6.07) is 0. The van der Waals surface area contributed by atoms with Crippen molar-refractivity contribution in [2.24, 2.45) is 10.8 Å². The SMILES string of the molecule is CC1=C(C#C/C(C)=C/C=C/C(C)=C/C=C/C=C(C)/C=C/C=C(\C)C(=O)C[C@@]23O[C@]2(C)C[C@@H](O)CC3(C)C)C(C)(C)CC(O)C1. The summed E-state index contributed by atoms with van der Waals surface area (Å²) in [4.78, 5) is 13.1. The van der Waals surface area contributed by atoms with Crippen LogP contribution >= 0.6 is 0 Å². The van der Waals surface area contributed by atoms with Gasteiger partial charge < -0.3 is 14.9 Å². The summed E-state index contributed by atoms with van der Waals surface area (Å²) in [7, 11) is 0. The lowest BCUT2D eigenvalue weighted by Gasteiger charge is -2.40. The van der Waals surface area contributed by atoms with E-state index in [1.54, 1.807) is 0 Å². The summed E-state index contributed by atoms with van der Waals surface area (Å²) in [5, 5.41) is 20.3. The number of ketones is 1. The van der Waals surface area contributed by atoms with E-state index in [0.29, 0.717) is 31.3 Å². The summed E-state index contributed by atoms with van der Waals surface area (Å²) in [5.41, 5.74) is 5.00. The molecular weight excluding hydrogens is 544 g/mol. The minimum Gasteiger partial charge on any atom is -0.393 e. The molecule has 4 heteroatoms. The normalized spacial score (nSPS) is 31.0. The van der Waals surface area contributed by atoms with Gasteiger partial charge in [0.2, 0.25) is 0 Å². The molecule has 1 aliphatic heterocycles. The van der Waals surface area contributed by atoms with E-state index in [0.717, 1.165) is 28.7 Å². The predicted molar refractivity (Wildman–Crippen MR) is 183 cm³/mol. The molecule has 0 bridgehead atoms. The van der Waals surface area contributed by atoms with Crippen LogP contribution in [-0.2, 0) is 9.53 Å². The van der Waals surface area contributed by atoms with Crippen molar-refractivity contribution in [3.05, 3.63) is 94.2 Å². The minimum atomic E-state index is -0.491. The van der Waals surface area contributed by atoms with Gasteiger partial charge in [-0.2, -0.15) is 0 Å². The fraction of sp³-hybridized carbons (Fsp3) is 0.525. The first-order chi connectivity index (χ1) is 20.4. The Balaban J connectivity index is 1.51. The molecule has 1 heterocycles. The molecule has 1 saturated heterocycles. The number of hydrogen-bond acceptors (Lipinski definition) is 4. The molecular formula is C40H54O4. The van der Waals surface area contributed by atoms with Crippen LogP contribution in [0.15, 0.2) is 94.2 Å². The van der Waals surface area contributed by atoms with Gasteiger partial charge in [-0.05, 0) is 77.4 Å². The van der Waals surface area contributed by atoms with Crippen LogP contribution in [0.5, 0.6) is 0 Å². The molecule has 2 N–H and O–H groups in total. The highest BCUT2D eigenvalue weighted by atomic mass is 16.6. The molecule has 1 unspecified atom stereocenters. The fourth-order valence-electron chi connectivity index (χ4n) is 7.11. The lowest BCUT2D eigenvalue weighted by molar-refractivity contribution is -0.118. The lowest BCUT2D eigenvalue weighted by atomic mass is 9.61. The van der Waals surface area contributed by atoms with Crippen molar-refractivity contribution < 1.29 is 19.7 Å². The molecule has 3 aliphatic rings. The molecule has 3 rings (SSSR count). The number of aliphatic hydroxyl groups excluding tert-OH is 2. The first-order valence-corrected chi connectivity index (χ1v) is 15.9. The second-order valence-electron chi connectivity index (χ2n) is 14.7. The molecule has 0 aromatic carbocycles. The molecule has 0 amide bonds. The topological polar surface area (TPSA) is 70.1 Å². The number of fused-ring (bicyclic) bond motifs is 1. The lowest BCUT2D eigenvalue weighted by Crippen LogP contribution is -2.48. The predicted octanol–water partition coefficient (Wildman–Crippen LogP) is 8.61. The molecule has 0 radical (unpaired) electrons. The summed E-state index contributed by atoms with van der Waals surface area (Å²) in [5.74, 6) is 6.75. The first-order valence-electron chi connectivity index (χ1n) is 15.9. The number of epoxide rings is 1. The zero-order valence-corrected chi connectivity index (χ0v) is 28.7. The van der Waals surface area contributed by atoms with Crippen LogP contribution in [0.4, 0.5) is 0 Å². The Morgan fingerprint density at radius 3 is 2.00 bits per heavy atom. The van der Waals surface area contributed by atoms with Gasteiger partial charge in [-0.1, -0.05) is 117 Å². The second kappa shape index (κ2) is 14.0. The standard InChI is InChI=1S/C40H54O4/c1-28(17-13-18-30(3)21-22-35-32(5)23-33(41)24-37(35,6)7)15-11-12-16-29(2)19-14-20-31(4)36(43)27-40-38(8,9)25-34(42)26-39(40,10)44-40/h11-20,33-34,41-42H,23-27H2,1-10H3/b12-11+,17-13+,19-14+,28-15+,29-16+,30-18+,31-20+/t33?,34-,39+,40-/m0/s1. The highest BCUT2D eigenvalue weighted by Crippen LogP contribution is 2.67. The average Bonchev–Trinajstić information content (AvgIpc) is 3.49. The third-order valence-corrected chi connectivity index (χ3v) is 9.54. The van der Waals surface area contributed by atoms with E-state index in [4.69, 9.17) is 4.74 Å².